The van der Waals surface area contributed by atoms with Crippen LogP contribution < -0.4 is 16.0 Å². The lowest BCUT2D eigenvalue weighted by atomic mass is 9.94. The topological polar surface area (TPSA) is 97.9 Å². The number of alkyl carbamates (subject to hydrolysis) is 1. The van der Waals surface area contributed by atoms with Gasteiger partial charge in [-0.1, -0.05) is 42.5 Å². The lowest BCUT2D eigenvalue weighted by Crippen LogP contribution is -2.41. The molecule has 35 heavy (non-hydrogen) atoms. The molecule has 3 atom stereocenters. The molecular weight excluding hydrogens is 446 g/mol. The van der Waals surface area contributed by atoms with Crippen LogP contribution in [0.5, 0.6) is 0 Å². The standard InChI is InChI=1S/C27H37N3O5/c1-28-24(16-20-8-7-14-34-19-20)18-30-26(31)23-12-6-11-22(17-23)25(21-9-4-3-5-10-21)35-15-13-29-27(32)33-2/h3-6,9-12,17,20,24-25,28H,7-8,13-16,18-19H2,1-2H3,(H,29,32)(H,30,31)/t20-,24+,25+/m1/s1. The Labute approximate surface area is 207 Å². The van der Waals surface area contributed by atoms with Gasteiger partial charge in [0.1, 0.15) is 6.10 Å². The number of hydrogen-bond donors (Lipinski definition) is 3. The number of rotatable bonds is 12. The van der Waals surface area contributed by atoms with Crippen molar-refractivity contribution in [2.45, 2.75) is 31.4 Å². The zero-order valence-electron chi connectivity index (χ0n) is 20.6. The summed E-state index contributed by atoms with van der Waals surface area (Å²) in [5.41, 5.74) is 2.41. The van der Waals surface area contributed by atoms with Crippen molar-refractivity contribution in [2.75, 3.05) is 47.1 Å². The van der Waals surface area contributed by atoms with Crippen molar-refractivity contribution in [1.82, 2.24) is 16.0 Å². The predicted octanol–water partition coefficient (Wildman–Crippen LogP) is 3.28. The number of benzene rings is 2. The van der Waals surface area contributed by atoms with E-state index < -0.39 is 6.09 Å². The molecule has 190 valence electrons. The van der Waals surface area contributed by atoms with Crippen LogP contribution in [0.25, 0.3) is 0 Å². The van der Waals surface area contributed by atoms with Crippen molar-refractivity contribution in [2.24, 2.45) is 5.92 Å². The van der Waals surface area contributed by atoms with Gasteiger partial charge in [0.25, 0.3) is 5.91 Å². The van der Waals surface area contributed by atoms with Crippen LogP contribution in [0.1, 0.15) is 46.9 Å². The Morgan fingerprint density at radius 2 is 1.89 bits per heavy atom. The van der Waals surface area contributed by atoms with Gasteiger partial charge >= 0.3 is 6.09 Å². The van der Waals surface area contributed by atoms with Crippen LogP contribution in [0.4, 0.5) is 4.79 Å². The zero-order valence-corrected chi connectivity index (χ0v) is 20.6. The second-order valence-corrected chi connectivity index (χ2v) is 8.72. The van der Waals surface area contributed by atoms with Crippen molar-refractivity contribution >= 4 is 12.0 Å². The maximum absolute atomic E-state index is 13.0. The fraction of sp³-hybridized carbons (Fsp3) is 0.481. The second kappa shape index (κ2) is 14.5. The van der Waals surface area contributed by atoms with E-state index in [1.54, 1.807) is 0 Å². The lowest BCUT2D eigenvalue weighted by Gasteiger charge is -2.26. The van der Waals surface area contributed by atoms with E-state index >= 15 is 0 Å². The molecule has 2 amide bonds. The number of amides is 2. The summed E-state index contributed by atoms with van der Waals surface area (Å²) in [6, 6.07) is 17.5. The van der Waals surface area contributed by atoms with Gasteiger partial charge in [0.05, 0.1) is 13.7 Å². The molecule has 1 heterocycles. The van der Waals surface area contributed by atoms with Gasteiger partial charge < -0.3 is 30.2 Å². The van der Waals surface area contributed by atoms with E-state index in [1.165, 1.54) is 13.5 Å². The molecule has 1 aliphatic rings. The van der Waals surface area contributed by atoms with E-state index in [9.17, 15) is 9.59 Å². The summed E-state index contributed by atoms with van der Waals surface area (Å²) in [5, 5.41) is 9.01. The van der Waals surface area contributed by atoms with Crippen LogP contribution in [0.15, 0.2) is 54.6 Å². The first-order valence-corrected chi connectivity index (χ1v) is 12.2. The normalized spacial score (nSPS) is 17.3. The van der Waals surface area contributed by atoms with Gasteiger partial charge in [-0.3, -0.25) is 4.79 Å². The summed E-state index contributed by atoms with van der Waals surface area (Å²) in [4.78, 5) is 24.3. The molecule has 0 aliphatic carbocycles. The zero-order chi connectivity index (χ0) is 24.9. The van der Waals surface area contributed by atoms with E-state index in [0.717, 1.165) is 37.2 Å². The summed E-state index contributed by atoms with van der Waals surface area (Å²) in [6.07, 6.45) is 2.37. The number of nitrogens with one attached hydrogen (secondary N) is 3. The molecule has 2 aromatic carbocycles. The first-order valence-electron chi connectivity index (χ1n) is 12.2. The van der Waals surface area contributed by atoms with Crippen LogP contribution in [0.2, 0.25) is 0 Å². The smallest absolute Gasteiger partial charge is 0.406 e. The van der Waals surface area contributed by atoms with Gasteiger partial charge in [-0.25, -0.2) is 4.79 Å². The quantitative estimate of drug-likeness (QED) is 0.401. The van der Waals surface area contributed by atoms with Crippen molar-refractivity contribution in [3.8, 4) is 0 Å². The molecule has 0 unspecified atom stereocenters. The summed E-state index contributed by atoms with van der Waals surface area (Å²) >= 11 is 0. The van der Waals surface area contributed by atoms with E-state index in [2.05, 4.69) is 20.7 Å². The van der Waals surface area contributed by atoms with Gasteiger partial charge in [-0.05, 0) is 55.5 Å². The summed E-state index contributed by atoms with van der Waals surface area (Å²) in [7, 11) is 3.25. The molecule has 8 heteroatoms. The van der Waals surface area contributed by atoms with Gasteiger partial charge in [0.15, 0.2) is 0 Å². The molecule has 0 bridgehead atoms. The molecule has 8 nitrogen and oxygen atoms in total. The van der Waals surface area contributed by atoms with E-state index in [0.29, 0.717) is 31.2 Å². The Hall–Kier alpha value is -2.94. The third kappa shape index (κ3) is 8.65. The fourth-order valence-corrected chi connectivity index (χ4v) is 4.27. The van der Waals surface area contributed by atoms with E-state index in [1.807, 2.05) is 61.6 Å². The molecule has 2 aromatic rings. The number of likely N-dealkylation sites (N-methyl/N-ethyl adjacent to an activating group) is 1. The summed E-state index contributed by atoms with van der Waals surface area (Å²) in [6.45, 7) is 2.80. The van der Waals surface area contributed by atoms with Gasteiger partial charge in [-0.2, -0.15) is 0 Å². The average molecular weight is 484 g/mol. The lowest BCUT2D eigenvalue weighted by molar-refractivity contribution is 0.0478. The predicted molar refractivity (Wildman–Crippen MR) is 134 cm³/mol. The molecule has 1 fully saturated rings. The maximum atomic E-state index is 13.0. The molecule has 0 spiro atoms. The highest BCUT2D eigenvalue weighted by Gasteiger charge is 2.20. The Kier molecular flexibility index (Phi) is 11.0. The summed E-state index contributed by atoms with van der Waals surface area (Å²) in [5.74, 6) is 0.407. The highest BCUT2D eigenvalue weighted by atomic mass is 16.5. The third-order valence-electron chi connectivity index (χ3n) is 6.18. The molecule has 0 saturated carbocycles. The van der Waals surface area contributed by atoms with Gasteiger partial charge in [0, 0.05) is 37.9 Å². The molecular formula is C27H37N3O5. The maximum Gasteiger partial charge on any atom is 0.406 e. The molecule has 0 radical (unpaired) electrons. The van der Waals surface area contributed by atoms with E-state index in [-0.39, 0.29) is 18.1 Å². The minimum atomic E-state index is -0.501. The Morgan fingerprint density at radius 3 is 2.60 bits per heavy atom. The third-order valence-corrected chi connectivity index (χ3v) is 6.18. The van der Waals surface area contributed by atoms with Crippen LogP contribution in [0, 0.1) is 5.92 Å². The second-order valence-electron chi connectivity index (χ2n) is 8.72. The highest BCUT2D eigenvalue weighted by molar-refractivity contribution is 5.94. The first kappa shape index (κ1) is 26.7. The highest BCUT2D eigenvalue weighted by Crippen LogP contribution is 2.26. The average Bonchev–Trinajstić information content (AvgIpc) is 2.91. The Bertz CT molecular complexity index is 918. The molecule has 0 aromatic heterocycles. The van der Waals surface area contributed by atoms with Crippen molar-refractivity contribution in [1.29, 1.82) is 0 Å². The number of methoxy groups -OCH3 is 1. The van der Waals surface area contributed by atoms with E-state index in [4.69, 9.17) is 9.47 Å². The van der Waals surface area contributed by atoms with Crippen LogP contribution in [-0.4, -0.2) is 65.1 Å². The van der Waals surface area contributed by atoms with Crippen LogP contribution >= 0.6 is 0 Å². The molecule has 1 aliphatic heterocycles. The fourth-order valence-electron chi connectivity index (χ4n) is 4.27. The Balaban J connectivity index is 1.63. The van der Waals surface area contributed by atoms with Crippen molar-refractivity contribution < 1.29 is 23.8 Å². The number of carbonyl (C=O) groups is 2. The SMILES string of the molecule is CN[C@H](CNC(=O)c1cccc([C@@H](OCCNC(=O)OC)c2ccccc2)c1)C[C@H]1CCCOC1. The van der Waals surface area contributed by atoms with Crippen molar-refractivity contribution in [3.63, 3.8) is 0 Å². The van der Waals surface area contributed by atoms with Crippen molar-refractivity contribution in [3.05, 3.63) is 71.3 Å². The minimum absolute atomic E-state index is 0.119. The largest absolute Gasteiger partial charge is 0.453 e. The molecule has 3 N–H and O–H groups in total. The number of hydrogen-bond acceptors (Lipinski definition) is 6. The van der Waals surface area contributed by atoms with Crippen LogP contribution in [0.3, 0.4) is 0 Å². The number of ether oxygens (including phenoxy) is 3. The first-order chi connectivity index (χ1) is 17.1. The number of carbonyl (C=O) groups excluding carboxylic acids is 2. The minimum Gasteiger partial charge on any atom is -0.453 e. The summed E-state index contributed by atoms with van der Waals surface area (Å²) < 4.78 is 16.3. The Morgan fingerprint density at radius 1 is 1.09 bits per heavy atom. The van der Waals surface area contributed by atoms with Crippen LogP contribution in [-0.2, 0) is 14.2 Å². The van der Waals surface area contributed by atoms with Gasteiger partial charge in [0.2, 0.25) is 0 Å². The monoisotopic (exact) mass is 483 g/mol. The molecule has 1 saturated heterocycles. The molecule has 3 rings (SSSR count). The van der Waals surface area contributed by atoms with Gasteiger partial charge in [-0.15, -0.1) is 0 Å².